The molecule has 0 aliphatic heterocycles. The molecule has 82 valence electrons. The van der Waals surface area contributed by atoms with Gasteiger partial charge in [-0.05, 0) is 0 Å². The lowest BCUT2D eigenvalue weighted by Crippen LogP contribution is -2.36. The first-order chi connectivity index (χ1) is 7.02. The van der Waals surface area contributed by atoms with Gasteiger partial charge in [0, 0.05) is 14.1 Å². The number of hydrogen-bond donors (Lipinski definition) is 3. The highest BCUT2D eigenvalue weighted by molar-refractivity contribution is 5.99. The molecule has 0 saturated heterocycles. The Labute approximate surface area is 86.6 Å². The number of nitrogens with zero attached hydrogens (tertiary/aromatic N) is 2. The van der Waals surface area contributed by atoms with Crippen molar-refractivity contribution in [2.24, 2.45) is 0 Å². The van der Waals surface area contributed by atoms with Crippen LogP contribution < -0.4 is 11.1 Å². The maximum absolute atomic E-state index is 11.4. The molecule has 7 nitrogen and oxygen atoms in total. The first kappa shape index (κ1) is 11.0. The predicted molar refractivity (Wildman–Crippen MR) is 54.0 cm³/mol. The van der Waals surface area contributed by atoms with Gasteiger partial charge in [-0.2, -0.15) is 5.10 Å². The number of aromatic amines is 1. The maximum atomic E-state index is 11.4. The van der Waals surface area contributed by atoms with E-state index in [1.165, 1.54) is 11.1 Å². The lowest BCUT2D eigenvalue weighted by Gasteiger charge is -2.10. The largest absolute Gasteiger partial charge is 0.383 e. The molecule has 0 saturated carbocycles. The molecule has 1 aromatic rings. The summed E-state index contributed by atoms with van der Waals surface area (Å²) >= 11 is 0. The zero-order valence-corrected chi connectivity index (χ0v) is 8.57. The van der Waals surface area contributed by atoms with E-state index in [9.17, 15) is 9.59 Å². The fraction of sp³-hybridized carbons (Fsp3) is 0.375. The lowest BCUT2D eigenvalue weighted by atomic mass is 10.3. The Morgan fingerprint density at radius 1 is 1.60 bits per heavy atom. The minimum absolute atomic E-state index is 0.0591. The average molecular weight is 211 g/mol. The van der Waals surface area contributed by atoms with Gasteiger partial charge < -0.3 is 16.0 Å². The van der Waals surface area contributed by atoms with Crippen LogP contribution in [0.5, 0.6) is 0 Å². The molecule has 2 amide bonds. The van der Waals surface area contributed by atoms with Gasteiger partial charge in [0.2, 0.25) is 5.91 Å². The maximum Gasteiger partial charge on any atom is 0.257 e. The van der Waals surface area contributed by atoms with E-state index in [2.05, 4.69) is 15.5 Å². The zero-order chi connectivity index (χ0) is 11.4. The van der Waals surface area contributed by atoms with Crippen LogP contribution in [0.15, 0.2) is 6.20 Å². The summed E-state index contributed by atoms with van der Waals surface area (Å²) in [7, 11) is 3.22. The van der Waals surface area contributed by atoms with Crippen LogP contribution in [0.25, 0.3) is 0 Å². The van der Waals surface area contributed by atoms with Crippen LogP contribution >= 0.6 is 0 Å². The third kappa shape index (κ3) is 2.70. The van der Waals surface area contributed by atoms with Crippen LogP contribution in [0.3, 0.4) is 0 Å². The monoisotopic (exact) mass is 211 g/mol. The summed E-state index contributed by atoms with van der Waals surface area (Å²) in [6, 6.07) is 0. The number of H-pyrrole nitrogens is 1. The van der Waals surface area contributed by atoms with Gasteiger partial charge in [0.25, 0.3) is 5.91 Å². The summed E-state index contributed by atoms with van der Waals surface area (Å²) in [5.41, 5.74) is 5.67. The highest BCUT2D eigenvalue weighted by Crippen LogP contribution is 2.04. The fourth-order valence-corrected chi connectivity index (χ4v) is 0.886. The minimum Gasteiger partial charge on any atom is -0.383 e. The summed E-state index contributed by atoms with van der Waals surface area (Å²) in [6.07, 6.45) is 1.31. The molecular weight excluding hydrogens is 198 g/mol. The first-order valence-electron chi connectivity index (χ1n) is 4.29. The van der Waals surface area contributed by atoms with E-state index in [0.29, 0.717) is 0 Å². The third-order valence-corrected chi connectivity index (χ3v) is 1.81. The smallest absolute Gasteiger partial charge is 0.257 e. The zero-order valence-electron chi connectivity index (χ0n) is 8.57. The van der Waals surface area contributed by atoms with Gasteiger partial charge in [-0.1, -0.05) is 0 Å². The lowest BCUT2D eigenvalue weighted by molar-refractivity contribution is -0.127. The van der Waals surface area contributed by atoms with E-state index < -0.39 is 5.91 Å². The number of carbonyl (C=O) groups excluding carboxylic acids is 2. The molecule has 7 heteroatoms. The predicted octanol–water partition coefficient (Wildman–Crippen LogP) is -1.19. The van der Waals surface area contributed by atoms with Gasteiger partial charge in [-0.15, -0.1) is 0 Å². The Hall–Kier alpha value is -2.05. The molecular formula is C8H13N5O2. The van der Waals surface area contributed by atoms with Crippen molar-refractivity contribution in [1.82, 2.24) is 20.4 Å². The molecule has 1 heterocycles. The highest BCUT2D eigenvalue weighted by atomic mass is 16.2. The van der Waals surface area contributed by atoms with Gasteiger partial charge in [0.05, 0.1) is 12.7 Å². The summed E-state index contributed by atoms with van der Waals surface area (Å²) in [6.45, 7) is -0.0591. The standard InChI is InChI=1S/C8H13N5O2/c1-13(2)6(14)4-10-8(15)5-3-11-12-7(5)9/h3H,4H2,1-2H3,(H,10,15)(H3,9,11,12). The number of anilines is 1. The molecule has 0 aliphatic rings. The molecule has 0 bridgehead atoms. The number of aromatic nitrogens is 2. The van der Waals surface area contributed by atoms with Crippen molar-refractivity contribution < 1.29 is 9.59 Å². The van der Waals surface area contributed by atoms with Crippen molar-refractivity contribution in [3.05, 3.63) is 11.8 Å². The quantitative estimate of drug-likeness (QED) is 0.584. The Kier molecular flexibility index (Phi) is 3.27. The van der Waals surface area contributed by atoms with Gasteiger partial charge >= 0.3 is 0 Å². The molecule has 4 N–H and O–H groups in total. The van der Waals surface area contributed by atoms with Crippen LogP contribution in [-0.2, 0) is 4.79 Å². The Balaban J connectivity index is 2.51. The van der Waals surface area contributed by atoms with E-state index in [1.54, 1.807) is 14.1 Å². The summed E-state index contributed by atoms with van der Waals surface area (Å²) in [5, 5.41) is 8.47. The normalized spacial score (nSPS) is 9.73. The second-order valence-corrected chi connectivity index (χ2v) is 3.17. The highest BCUT2D eigenvalue weighted by Gasteiger charge is 2.12. The van der Waals surface area contributed by atoms with E-state index >= 15 is 0 Å². The molecule has 0 unspecified atom stereocenters. The summed E-state index contributed by atoms with van der Waals surface area (Å²) in [5.74, 6) is -0.424. The summed E-state index contributed by atoms with van der Waals surface area (Å²) in [4.78, 5) is 24.0. The van der Waals surface area contributed by atoms with Crippen molar-refractivity contribution >= 4 is 17.6 Å². The van der Waals surface area contributed by atoms with Crippen molar-refractivity contribution in [1.29, 1.82) is 0 Å². The number of hydrogen-bond acceptors (Lipinski definition) is 4. The van der Waals surface area contributed by atoms with Crippen molar-refractivity contribution in [2.45, 2.75) is 0 Å². The van der Waals surface area contributed by atoms with Gasteiger partial charge in [-0.25, -0.2) is 0 Å². The van der Waals surface area contributed by atoms with Gasteiger partial charge in [0.1, 0.15) is 11.4 Å². The van der Waals surface area contributed by atoms with E-state index in [0.717, 1.165) is 0 Å². The van der Waals surface area contributed by atoms with Gasteiger partial charge in [-0.3, -0.25) is 14.7 Å². The first-order valence-corrected chi connectivity index (χ1v) is 4.29. The van der Waals surface area contributed by atoms with Crippen molar-refractivity contribution in [3.8, 4) is 0 Å². The Morgan fingerprint density at radius 3 is 2.73 bits per heavy atom. The second-order valence-electron chi connectivity index (χ2n) is 3.17. The number of nitrogens with one attached hydrogen (secondary N) is 2. The average Bonchev–Trinajstić information content (AvgIpc) is 2.60. The van der Waals surface area contributed by atoms with Crippen LogP contribution in [-0.4, -0.2) is 47.6 Å². The molecule has 0 aromatic carbocycles. The molecule has 1 rings (SSSR count). The third-order valence-electron chi connectivity index (χ3n) is 1.81. The van der Waals surface area contributed by atoms with Crippen LogP contribution in [0, 0.1) is 0 Å². The molecule has 0 atom stereocenters. The number of nitrogens with two attached hydrogens (primary N) is 1. The SMILES string of the molecule is CN(C)C(=O)CNC(=O)c1cn[nH]c1N. The van der Waals surface area contributed by atoms with Crippen molar-refractivity contribution in [3.63, 3.8) is 0 Å². The molecule has 0 fully saturated rings. The molecule has 15 heavy (non-hydrogen) atoms. The van der Waals surface area contributed by atoms with Gasteiger partial charge in [0.15, 0.2) is 0 Å². The Morgan fingerprint density at radius 2 is 2.27 bits per heavy atom. The minimum atomic E-state index is -0.420. The van der Waals surface area contributed by atoms with Crippen molar-refractivity contribution in [2.75, 3.05) is 26.4 Å². The van der Waals surface area contributed by atoms with Crippen LogP contribution in [0.4, 0.5) is 5.82 Å². The van der Waals surface area contributed by atoms with Crippen LogP contribution in [0.1, 0.15) is 10.4 Å². The number of nitrogen functional groups attached to an aromatic ring is 1. The van der Waals surface area contributed by atoms with E-state index in [-0.39, 0.29) is 23.8 Å². The number of carbonyl (C=O) groups is 2. The number of rotatable bonds is 3. The number of amides is 2. The van der Waals surface area contributed by atoms with E-state index in [4.69, 9.17) is 5.73 Å². The molecule has 0 aliphatic carbocycles. The molecule has 1 aromatic heterocycles. The Bertz CT molecular complexity index is 371. The van der Waals surface area contributed by atoms with Crippen LogP contribution in [0.2, 0.25) is 0 Å². The molecule has 0 spiro atoms. The second kappa shape index (κ2) is 4.45. The molecule has 0 radical (unpaired) electrons. The van der Waals surface area contributed by atoms with E-state index in [1.807, 2.05) is 0 Å². The number of likely N-dealkylation sites (N-methyl/N-ethyl adjacent to an activating group) is 1. The topological polar surface area (TPSA) is 104 Å². The summed E-state index contributed by atoms with van der Waals surface area (Å²) < 4.78 is 0. The fourth-order valence-electron chi connectivity index (χ4n) is 0.886.